The molecule has 1 N–H and O–H groups in total. The Hall–Kier alpha value is -1.24. The van der Waals surface area contributed by atoms with Gasteiger partial charge in [-0.05, 0) is 18.6 Å². The second kappa shape index (κ2) is 4.80. The lowest BCUT2D eigenvalue weighted by Gasteiger charge is -2.23. The van der Waals surface area contributed by atoms with Gasteiger partial charge in [0, 0.05) is 44.5 Å². The standard InChI is InChI=1S/C12H16BNO4/c1-9-6-10-8-14-2-4-16-13(17-5-3-14)18-12(10)7-11(9)15/h6-7,15H,2-5,8H2,1H3. The van der Waals surface area contributed by atoms with E-state index in [0.29, 0.717) is 19.0 Å². The van der Waals surface area contributed by atoms with Gasteiger partial charge in [-0.3, -0.25) is 4.90 Å². The summed E-state index contributed by atoms with van der Waals surface area (Å²) >= 11 is 0. The Bertz CT molecular complexity index is 405. The lowest BCUT2D eigenvalue weighted by atomic mass is 10.1. The van der Waals surface area contributed by atoms with E-state index in [2.05, 4.69) is 4.90 Å². The summed E-state index contributed by atoms with van der Waals surface area (Å²) in [4.78, 5) is 2.26. The summed E-state index contributed by atoms with van der Waals surface area (Å²) in [5.74, 6) is 0.870. The molecule has 5 nitrogen and oxygen atoms in total. The fourth-order valence-electron chi connectivity index (χ4n) is 2.26. The normalized spacial score (nSPS) is 20.4. The molecule has 0 saturated carbocycles. The van der Waals surface area contributed by atoms with Crippen LogP contribution < -0.4 is 4.65 Å². The first-order valence-electron chi connectivity index (χ1n) is 6.17. The van der Waals surface area contributed by atoms with Crippen molar-refractivity contribution < 1.29 is 19.1 Å². The van der Waals surface area contributed by atoms with E-state index in [-0.39, 0.29) is 5.75 Å². The van der Waals surface area contributed by atoms with Gasteiger partial charge in [0.2, 0.25) is 0 Å². The molecule has 3 aliphatic rings. The predicted molar refractivity (Wildman–Crippen MR) is 66.4 cm³/mol. The van der Waals surface area contributed by atoms with Gasteiger partial charge in [0.15, 0.2) is 0 Å². The van der Waals surface area contributed by atoms with E-state index in [0.717, 1.165) is 30.8 Å². The number of benzene rings is 1. The van der Waals surface area contributed by atoms with Crippen LogP contribution >= 0.6 is 0 Å². The minimum Gasteiger partial charge on any atom is -0.511 e. The van der Waals surface area contributed by atoms with E-state index in [1.165, 1.54) is 0 Å². The van der Waals surface area contributed by atoms with Crippen LogP contribution in [0.2, 0.25) is 0 Å². The van der Waals surface area contributed by atoms with Crippen molar-refractivity contribution in [1.82, 2.24) is 4.90 Å². The maximum Gasteiger partial charge on any atom is 0.713 e. The highest BCUT2D eigenvalue weighted by molar-refractivity contribution is 6.37. The van der Waals surface area contributed by atoms with Gasteiger partial charge < -0.3 is 19.1 Å². The maximum atomic E-state index is 9.77. The number of aryl methyl sites for hydroxylation is 1. The molecule has 0 spiro atoms. The van der Waals surface area contributed by atoms with Crippen LogP contribution in [-0.2, 0) is 15.9 Å². The van der Waals surface area contributed by atoms with Gasteiger partial charge in [-0.2, -0.15) is 0 Å². The highest BCUT2D eigenvalue weighted by Gasteiger charge is 2.30. The number of hydrogen-bond donors (Lipinski definition) is 1. The summed E-state index contributed by atoms with van der Waals surface area (Å²) in [6.07, 6.45) is 0. The van der Waals surface area contributed by atoms with Crippen LogP contribution in [0, 0.1) is 6.92 Å². The molecule has 0 amide bonds. The average molecular weight is 249 g/mol. The van der Waals surface area contributed by atoms with Gasteiger partial charge >= 0.3 is 7.32 Å². The minimum absolute atomic E-state index is 0.234. The first-order chi connectivity index (χ1) is 8.72. The van der Waals surface area contributed by atoms with Crippen molar-refractivity contribution in [3.05, 3.63) is 23.3 Å². The molecule has 1 aromatic carbocycles. The van der Waals surface area contributed by atoms with Gasteiger partial charge in [-0.1, -0.05) is 0 Å². The Morgan fingerprint density at radius 2 is 1.94 bits per heavy atom. The summed E-state index contributed by atoms with van der Waals surface area (Å²) in [5, 5.41) is 9.77. The molecule has 3 aliphatic heterocycles. The average Bonchev–Trinajstić information content (AvgIpc) is 2.42. The second-order valence-electron chi connectivity index (χ2n) is 4.67. The molecular weight excluding hydrogens is 233 g/mol. The van der Waals surface area contributed by atoms with E-state index in [9.17, 15) is 5.11 Å². The molecule has 0 aromatic heterocycles. The monoisotopic (exact) mass is 249 g/mol. The van der Waals surface area contributed by atoms with E-state index in [4.69, 9.17) is 14.0 Å². The lowest BCUT2D eigenvalue weighted by molar-refractivity contribution is 0.0828. The Balaban J connectivity index is 2.01. The molecule has 3 heterocycles. The molecular formula is C12H16BNO4. The zero-order valence-electron chi connectivity index (χ0n) is 10.4. The van der Waals surface area contributed by atoms with Crippen LogP contribution in [0.25, 0.3) is 0 Å². The highest BCUT2D eigenvalue weighted by Crippen LogP contribution is 2.30. The fourth-order valence-corrected chi connectivity index (χ4v) is 2.26. The number of hydrogen-bond acceptors (Lipinski definition) is 5. The molecule has 0 atom stereocenters. The lowest BCUT2D eigenvalue weighted by Crippen LogP contribution is -2.39. The van der Waals surface area contributed by atoms with Gasteiger partial charge in [0.05, 0.1) is 0 Å². The van der Waals surface area contributed by atoms with E-state index in [1.54, 1.807) is 6.07 Å². The summed E-state index contributed by atoms with van der Waals surface area (Å²) in [6, 6.07) is 3.60. The molecule has 4 rings (SSSR count). The molecule has 0 radical (unpaired) electrons. The second-order valence-corrected chi connectivity index (χ2v) is 4.67. The van der Waals surface area contributed by atoms with Crippen LogP contribution in [0.15, 0.2) is 12.1 Å². The Kier molecular flexibility index (Phi) is 3.15. The van der Waals surface area contributed by atoms with E-state index < -0.39 is 7.32 Å². The molecule has 0 aliphatic carbocycles. The number of aromatic hydroxyl groups is 1. The first-order valence-corrected chi connectivity index (χ1v) is 6.17. The van der Waals surface area contributed by atoms with Crippen LogP contribution in [-0.4, -0.2) is 43.6 Å². The molecule has 96 valence electrons. The van der Waals surface area contributed by atoms with Crippen LogP contribution in [0.3, 0.4) is 0 Å². The topological polar surface area (TPSA) is 51.2 Å². The van der Waals surface area contributed by atoms with Gasteiger partial charge in [0.1, 0.15) is 11.5 Å². The summed E-state index contributed by atoms with van der Waals surface area (Å²) in [7, 11) is -0.675. The third-order valence-corrected chi connectivity index (χ3v) is 3.32. The maximum absolute atomic E-state index is 9.77. The van der Waals surface area contributed by atoms with E-state index >= 15 is 0 Å². The zero-order valence-corrected chi connectivity index (χ0v) is 10.4. The quantitative estimate of drug-likeness (QED) is 0.693. The van der Waals surface area contributed by atoms with Gasteiger partial charge in [-0.25, -0.2) is 0 Å². The summed E-state index contributed by atoms with van der Waals surface area (Å²) < 4.78 is 16.7. The van der Waals surface area contributed by atoms with Gasteiger partial charge in [-0.15, -0.1) is 0 Å². The molecule has 18 heavy (non-hydrogen) atoms. The SMILES string of the molecule is Cc1cc2c(cc1O)OB1OCCN(CCO1)C2. The predicted octanol–water partition coefficient (Wildman–Crippen LogP) is 0.927. The fraction of sp³-hybridized carbons (Fsp3) is 0.500. The Morgan fingerprint density at radius 3 is 2.67 bits per heavy atom. The van der Waals surface area contributed by atoms with Crippen molar-refractivity contribution in [2.24, 2.45) is 0 Å². The smallest absolute Gasteiger partial charge is 0.511 e. The molecule has 6 heteroatoms. The number of fused-ring (bicyclic) bond motifs is 4. The summed E-state index contributed by atoms with van der Waals surface area (Å²) in [6.45, 7) is 5.57. The first kappa shape index (κ1) is 11.8. The third-order valence-electron chi connectivity index (χ3n) is 3.32. The van der Waals surface area contributed by atoms with Crippen LogP contribution in [0.5, 0.6) is 11.5 Å². The number of rotatable bonds is 0. The van der Waals surface area contributed by atoms with Gasteiger partial charge in [0.25, 0.3) is 0 Å². The number of phenols is 1. The van der Waals surface area contributed by atoms with Crippen molar-refractivity contribution in [2.45, 2.75) is 13.5 Å². The summed E-state index contributed by atoms with van der Waals surface area (Å²) in [5.41, 5.74) is 1.92. The molecule has 1 aromatic rings. The minimum atomic E-state index is -0.675. The van der Waals surface area contributed by atoms with Crippen molar-refractivity contribution >= 4 is 7.32 Å². The van der Waals surface area contributed by atoms with Crippen molar-refractivity contribution in [1.29, 1.82) is 0 Å². The molecule has 1 fully saturated rings. The van der Waals surface area contributed by atoms with Crippen molar-refractivity contribution in [3.8, 4) is 11.5 Å². The van der Waals surface area contributed by atoms with Crippen molar-refractivity contribution in [3.63, 3.8) is 0 Å². The van der Waals surface area contributed by atoms with E-state index in [1.807, 2.05) is 13.0 Å². The Morgan fingerprint density at radius 1 is 1.22 bits per heavy atom. The highest BCUT2D eigenvalue weighted by atomic mass is 16.7. The van der Waals surface area contributed by atoms with Crippen LogP contribution in [0.4, 0.5) is 0 Å². The Labute approximate surface area is 106 Å². The van der Waals surface area contributed by atoms with Crippen LogP contribution in [0.1, 0.15) is 11.1 Å². The molecule has 0 unspecified atom stereocenters. The number of nitrogens with zero attached hydrogens (tertiary/aromatic N) is 1. The van der Waals surface area contributed by atoms with Crippen molar-refractivity contribution in [2.75, 3.05) is 26.3 Å². The third kappa shape index (κ3) is 2.31. The number of phenolic OH excluding ortho intramolecular Hbond substituents is 1. The largest absolute Gasteiger partial charge is 0.713 e. The molecule has 1 saturated heterocycles. The molecule has 2 bridgehead atoms. The zero-order chi connectivity index (χ0) is 12.5.